The van der Waals surface area contributed by atoms with E-state index in [1.165, 1.54) is 32.1 Å². The lowest BCUT2D eigenvalue weighted by molar-refractivity contribution is -0.0801. The number of aryl methyl sites for hydroxylation is 2. The first-order chi connectivity index (χ1) is 15.1. The molecular formula is C26H45N3O3. The van der Waals surface area contributed by atoms with E-state index in [1.807, 2.05) is 45.7 Å². The topological polar surface area (TPSA) is 67.4 Å². The number of carbonyl (C=O) groups excluding carboxylic acids is 1. The molecule has 0 spiro atoms. The molecular weight excluding hydrogens is 402 g/mol. The van der Waals surface area contributed by atoms with Crippen molar-refractivity contribution in [1.29, 1.82) is 0 Å². The zero-order chi connectivity index (χ0) is 23.4. The maximum atomic E-state index is 13.2. The van der Waals surface area contributed by atoms with Crippen molar-refractivity contribution >= 4 is 6.09 Å². The molecule has 0 aromatic carbocycles. The van der Waals surface area contributed by atoms with Crippen molar-refractivity contribution < 1.29 is 14.3 Å². The monoisotopic (exact) mass is 447 g/mol. The molecule has 1 saturated carbocycles. The van der Waals surface area contributed by atoms with Gasteiger partial charge in [-0.25, -0.2) is 9.78 Å². The van der Waals surface area contributed by atoms with Gasteiger partial charge >= 0.3 is 6.09 Å². The summed E-state index contributed by atoms with van der Waals surface area (Å²) in [6.45, 7) is 12.0. The van der Waals surface area contributed by atoms with Crippen molar-refractivity contribution in [3.63, 3.8) is 0 Å². The molecule has 1 saturated heterocycles. The van der Waals surface area contributed by atoms with E-state index in [1.54, 1.807) is 0 Å². The fourth-order valence-corrected chi connectivity index (χ4v) is 5.39. The summed E-state index contributed by atoms with van der Waals surface area (Å²) < 4.78 is 12.3. The van der Waals surface area contributed by atoms with Crippen molar-refractivity contribution in [2.75, 3.05) is 0 Å². The number of aromatic nitrogens is 2. The number of hydrogen-bond donors (Lipinski definition) is 1. The fraction of sp³-hybridized carbons (Fsp3) is 0.846. The van der Waals surface area contributed by atoms with Crippen LogP contribution in [-0.2, 0) is 22.3 Å². The van der Waals surface area contributed by atoms with Crippen LogP contribution in [0.5, 0.6) is 0 Å². The second-order valence-corrected chi connectivity index (χ2v) is 11.2. The van der Waals surface area contributed by atoms with E-state index >= 15 is 0 Å². The molecule has 0 radical (unpaired) electrons. The van der Waals surface area contributed by atoms with Gasteiger partial charge in [0.15, 0.2) is 0 Å². The fourth-order valence-electron chi connectivity index (χ4n) is 5.39. The van der Waals surface area contributed by atoms with Crippen molar-refractivity contribution in [2.24, 2.45) is 5.92 Å². The van der Waals surface area contributed by atoms with Gasteiger partial charge in [0.2, 0.25) is 0 Å². The van der Waals surface area contributed by atoms with Crippen LogP contribution in [0.15, 0.2) is 6.20 Å². The SMILES string of the molecule is CCCc1nc(CCCC2OC(C)(C)N(C(=O)OC(C)(C)C)[C@H]2CC2CCCCC2)c[nH]1. The Labute approximate surface area is 194 Å². The molecule has 32 heavy (non-hydrogen) atoms. The van der Waals surface area contributed by atoms with Gasteiger partial charge in [-0.3, -0.25) is 4.90 Å². The minimum Gasteiger partial charge on any atom is -0.444 e. The van der Waals surface area contributed by atoms with E-state index in [-0.39, 0.29) is 18.2 Å². The van der Waals surface area contributed by atoms with Crippen LogP contribution in [0.1, 0.15) is 111 Å². The van der Waals surface area contributed by atoms with Gasteiger partial charge in [0.25, 0.3) is 0 Å². The molecule has 2 fully saturated rings. The standard InChI is InChI=1S/C26H45N3O3/c1-7-12-23-27-18-20(28-23)15-11-16-22-21(17-19-13-9-8-10-14-19)29(26(5,6)31-22)24(30)32-25(2,3)4/h18-19,21-22H,7-17H2,1-6H3,(H,27,28)/t21-,22?/m0/s1. The lowest BCUT2D eigenvalue weighted by Crippen LogP contribution is -2.50. The summed E-state index contributed by atoms with van der Waals surface area (Å²) in [5.74, 6) is 1.74. The van der Waals surface area contributed by atoms with E-state index in [4.69, 9.17) is 14.5 Å². The molecule has 0 bridgehead atoms. The Morgan fingerprint density at radius 2 is 1.97 bits per heavy atom. The predicted octanol–water partition coefficient (Wildman–Crippen LogP) is 6.40. The lowest BCUT2D eigenvalue weighted by atomic mass is 9.83. The highest BCUT2D eigenvalue weighted by Gasteiger charge is 2.51. The Bertz CT molecular complexity index is 731. The van der Waals surface area contributed by atoms with Crippen LogP contribution < -0.4 is 0 Å². The number of imidazole rings is 1. The van der Waals surface area contributed by atoms with Gasteiger partial charge in [0.05, 0.1) is 17.8 Å². The van der Waals surface area contributed by atoms with Crippen LogP contribution in [0.2, 0.25) is 0 Å². The first kappa shape index (κ1) is 25.1. The van der Waals surface area contributed by atoms with Crippen molar-refractivity contribution in [3.05, 3.63) is 17.7 Å². The average Bonchev–Trinajstić information content (AvgIpc) is 3.23. The molecule has 1 aromatic rings. The molecule has 1 unspecified atom stereocenters. The third kappa shape index (κ3) is 6.72. The van der Waals surface area contributed by atoms with Gasteiger partial charge in [-0.05, 0) is 72.6 Å². The Kier molecular flexibility index (Phi) is 8.29. The molecule has 6 nitrogen and oxygen atoms in total. The molecule has 1 aromatic heterocycles. The second-order valence-electron chi connectivity index (χ2n) is 11.2. The number of nitrogens with one attached hydrogen (secondary N) is 1. The number of carbonyl (C=O) groups is 1. The molecule has 1 amide bonds. The first-order valence-electron chi connectivity index (χ1n) is 12.8. The largest absolute Gasteiger partial charge is 0.444 e. The van der Waals surface area contributed by atoms with Crippen molar-refractivity contribution in [3.8, 4) is 0 Å². The van der Waals surface area contributed by atoms with Crippen LogP contribution in [0, 0.1) is 5.92 Å². The molecule has 2 heterocycles. The number of aromatic amines is 1. The third-order valence-electron chi connectivity index (χ3n) is 6.76. The summed E-state index contributed by atoms with van der Waals surface area (Å²) in [6, 6.07) is 0.0674. The highest BCUT2D eigenvalue weighted by molar-refractivity contribution is 5.70. The summed E-state index contributed by atoms with van der Waals surface area (Å²) in [4.78, 5) is 23.2. The zero-order valence-electron chi connectivity index (χ0n) is 21.2. The zero-order valence-corrected chi connectivity index (χ0v) is 21.2. The van der Waals surface area contributed by atoms with E-state index < -0.39 is 11.3 Å². The summed E-state index contributed by atoms with van der Waals surface area (Å²) in [7, 11) is 0. The van der Waals surface area contributed by atoms with E-state index in [0.717, 1.165) is 50.0 Å². The molecule has 1 N–H and O–H groups in total. The van der Waals surface area contributed by atoms with Crippen LogP contribution >= 0.6 is 0 Å². The van der Waals surface area contributed by atoms with E-state index in [2.05, 4.69) is 11.9 Å². The summed E-state index contributed by atoms with van der Waals surface area (Å²) in [5.41, 5.74) is -0.0532. The van der Waals surface area contributed by atoms with Crippen LogP contribution in [0.3, 0.4) is 0 Å². The molecule has 1 aliphatic heterocycles. The van der Waals surface area contributed by atoms with Crippen LogP contribution in [0.4, 0.5) is 4.79 Å². The number of rotatable bonds is 8. The van der Waals surface area contributed by atoms with Gasteiger partial charge in [0.1, 0.15) is 17.2 Å². The normalized spacial score (nSPS) is 24.1. The van der Waals surface area contributed by atoms with Gasteiger partial charge < -0.3 is 14.5 Å². The van der Waals surface area contributed by atoms with Crippen molar-refractivity contribution in [1.82, 2.24) is 14.9 Å². The van der Waals surface area contributed by atoms with Gasteiger partial charge in [0, 0.05) is 12.6 Å². The Morgan fingerprint density at radius 3 is 2.62 bits per heavy atom. The summed E-state index contributed by atoms with van der Waals surface area (Å²) in [6.07, 6.45) is 14.3. The average molecular weight is 448 g/mol. The van der Waals surface area contributed by atoms with E-state index in [0.29, 0.717) is 5.92 Å². The molecule has 182 valence electrons. The number of ether oxygens (including phenoxy) is 2. The van der Waals surface area contributed by atoms with Crippen LogP contribution in [-0.4, -0.2) is 44.4 Å². The first-order valence-corrected chi connectivity index (χ1v) is 12.8. The number of hydrogen-bond acceptors (Lipinski definition) is 4. The minimum absolute atomic E-state index is 0.0356. The molecule has 6 heteroatoms. The highest BCUT2D eigenvalue weighted by atomic mass is 16.6. The third-order valence-corrected chi connectivity index (χ3v) is 6.76. The Hall–Kier alpha value is -1.56. The van der Waals surface area contributed by atoms with Gasteiger partial charge in [-0.15, -0.1) is 0 Å². The smallest absolute Gasteiger partial charge is 0.412 e. The Morgan fingerprint density at radius 1 is 1.25 bits per heavy atom. The number of H-pyrrole nitrogens is 1. The Balaban J connectivity index is 1.69. The van der Waals surface area contributed by atoms with Crippen LogP contribution in [0.25, 0.3) is 0 Å². The molecule has 2 aliphatic rings. The predicted molar refractivity (Wildman–Crippen MR) is 128 cm³/mol. The van der Waals surface area contributed by atoms with Gasteiger partial charge in [-0.1, -0.05) is 39.0 Å². The molecule has 2 atom stereocenters. The number of amides is 1. The minimum atomic E-state index is -0.660. The number of nitrogens with zero attached hydrogens (tertiary/aromatic N) is 2. The maximum Gasteiger partial charge on any atom is 0.412 e. The van der Waals surface area contributed by atoms with E-state index in [9.17, 15) is 4.79 Å². The van der Waals surface area contributed by atoms with Crippen molar-refractivity contribution in [2.45, 2.75) is 136 Å². The second kappa shape index (κ2) is 10.6. The summed E-state index contributed by atoms with van der Waals surface area (Å²) in [5, 5.41) is 0. The lowest BCUT2D eigenvalue weighted by Gasteiger charge is -2.37. The maximum absolute atomic E-state index is 13.2. The molecule has 1 aliphatic carbocycles. The van der Waals surface area contributed by atoms with Gasteiger partial charge in [-0.2, -0.15) is 0 Å². The quantitative estimate of drug-likeness (QED) is 0.501. The summed E-state index contributed by atoms with van der Waals surface area (Å²) >= 11 is 0. The molecule has 3 rings (SSSR count). The highest BCUT2D eigenvalue weighted by Crippen LogP contribution is 2.40.